The van der Waals surface area contributed by atoms with E-state index < -0.39 is 0 Å². The van der Waals surface area contributed by atoms with E-state index in [9.17, 15) is 9.59 Å². The van der Waals surface area contributed by atoms with Gasteiger partial charge < -0.3 is 10.2 Å². The van der Waals surface area contributed by atoms with Crippen molar-refractivity contribution in [2.45, 2.75) is 25.7 Å². The second-order valence-corrected chi connectivity index (χ2v) is 6.00. The Kier molecular flexibility index (Phi) is 4.91. The molecule has 4 heteroatoms. The van der Waals surface area contributed by atoms with E-state index in [0.717, 1.165) is 42.3 Å². The van der Waals surface area contributed by atoms with E-state index in [1.165, 1.54) is 0 Å². The van der Waals surface area contributed by atoms with Crippen molar-refractivity contribution in [3.8, 4) is 0 Å². The van der Waals surface area contributed by atoms with E-state index in [0.29, 0.717) is 19.4 Å². The highest BCUT2D eigenvalue weighted by Crippen LogP contribution is 2.18. The van der Waals surface area contributed by atoms with Crippen molar-refractivity contribution in [3.63, 3.8) is 0 Å². The van der Waals surface area contributed by atoms with Crippen molar-refractivity contribution in [1.82, 2.24) is 10.2 Å². The van der Waals surface area contributed by atoms with Crippen LogP contribution in [0.2, 0.25) is 0 Å². The molecule has 3 rings (SSSR count). The molecule has 0 bridgehead atoms. The molecule has 0 unspecified atom stereocenters. The van der Waals surface area contributed by atoms with Crippen LogP contribution in [0.15, 0.2) is 42.5 Å². The second kappa shape index (κ2) is 7.27. The second-order valence-electron chi connectivity index (χ2n) is 6.00. The smallest absolute Gasteiger partial charge is 0.224 e. The van der Waals surface area contributed by atoms with E-state index in [2.05, 4.69) is 5.32 Å². The summed E-state index contributed by atoms with van der Waals surface area (Å²) in [7, 11) is 0. The van der Waals surface area contributed by atoms with Crippen molar-refractivity contribution in [1.29, 1.82) is 0 Å². The molecule has 1 saturated heterocycles. The molecule has 120 valence electrons. The minimum atomic E-state index is -0.0319. The van der Waals surface area contributed by atoms with Gasteiger partial charge in [-0.15, -0.1) is 0 Å². The zero-order chi connectivity index (χ0) is 16.1. The molecule has 0 saturated carbocycles. The quantitative estimate of drug-likeness (QED) is 0.922. The average molecular weight is 310 g/mol. The van der Waals surface area contributed by atoms with Crippen LogP contribution in [-0.4, -0.2) is 36.3 Å². The predicted octanol–water partition coefficient (Wildman–Crippen LogP) is 2.51. The number of amides is 2. The van der Waals surface area contributed by atoms with Gasteiger partial charge in [0.15, 0.2) is 0 Å². The molecule has 0 aromatic heterocycles. The third-order valence-corrected chi connectivity index (χ3v) is 4.35. The Bertz CT molecular complexity index is 700. The van der Waals surface area contributed by atoms with E-state index in [1.807, 2.05) is 47.4 Å². The predicted molar refractivity (Wildman–Crippen MR) is 91.1 cm³/mol. The van der Waals surface area contributed by atoms with Crippen LogP contribution in [0.4, 0.5) is 0 Å². The Hall–Kier alpha value is -2.36. The topological polar surface area (TPSA) is 49.4 Å². The van der Waals surface area contributed by atoms with Crippen molar-refractivity contribution in [3.05, 3.63) is 48.0 Å². The van der Waals surface area contributed by atoms with Crippen LogP contribution in [0.25, 0.3) is 10.8 Å². The number of hydrogen-bond donors (Lipinski definition) is 1. The number of benzene rings is 2. The molecular formula is C19H22N2O2. The van der Waals surface area contributed by atoms with Crippen LogP contribution in [0.5, 0.6) is 0 Å². The Balaban J connectivity index is 1.51. The summed E-state index contributed by atoms with van der Waals surface area (Å²) in [5.74, 6) is 0.114. The highest BCUT2D eigenvalue weighted by atomic mass is 16.2. The first-order valence-corrected chi connectivity index (χ1v) is 8.25. The van der Waals surface area contributed by atoms with E-state index in [4.69, 9.17) is 0 Å². The number of nitrogens with one attached hydrogen (secondary N) is 1. The highest BCUT2D eigenvalue weighted by Gasteiger charge is 2.17. The summed E-state index contributed by atoms with van der Waals surface area (Å²) in [4.78, 5) is 25.9. The first-order chi connectivity index (χ1) is 11.2. The van der Waals surface area contributed by atoms with E-state index in [1.54, 1.807) is 0 Å². The number of carbonyl (C=O) groups is 2. The Labute approximate surface area is 136 Å². The lowest BCUT2D eigenvalue weighted by Gasteiger charge is -2.15. The van der Waals surface area contributed by atoms with Crippen LogP contribution in [0.1, 0.15) is 24.8 Å². The SMILES string of the molecule is O=C(Cc1cccc2ccccc12)NCCC(=O)N1CCCC1. The maximum atomic E-state index is 12.1. The molecule has 4 nitrogen and oxygen atoms in total. The Morgan fingerprint density at radius 3 is 2.57 bits per heavy atom. The molecule has 0 radical (unpaired) electrons. The molecule has 1 fully saturated rings. The molecule has 0 aliphatic carbocycles. The van der Waals surface area contributed by atoms with Gasteiger partial charge in [0.25, 0.3) is 0 Å². The molecule has 0 atom stereocenters. The van der Waals surface area contributed by atoms with Gasteiger partial charge in [0, 0.05) is 26.1 Å². The molecular weight excluding hydrogens is 288 g/mol. The van der Waals surface area contributed by atoms with Gasteiger partial charge in [-0.3, -0.25) is 9.59 Å². The number of hydrogen-bond acceptors (Lipinski definition) is 2. The standard InChI is InChI=1S/C19H22N2O2/c22-18(20-11-10-19(23)21-12-3-4-13-21)14-16-8-5-7-15-6-1-2-9-17(15)16/h1-2,5-9H,3-4,10-14H2,(H,20,22). The normalized spacial score (nSPS) is 14.2. The molecule has 1 heterocycles. The minimum Gasteiger partial charge on any atom is -0.355 e. The van der Waals surface area contributed by atoms with Gasteiger partial charge in [0.1, 0.15) is 0 Å². The summed E-state index contributed by atoms with van der Waals surface area (Å²) in [6.07, 6.45) is 2.93. The van der Waals surface area contributed by atoms with Crippen LogP contribution in [0, 0.1) is 0 Å². The highest BCUT2D eigenvalue weighted by molar-refractivity contribution is 5.90. The van der Waals surface area contributed by atoms with E-state index in [-0.39, 0.29) is 11.8 Å². The molecule has 2 aromatic rings. The molecule has 23 heavy (non-hydrogen) atoms. The fourth-order valence-electron chi connectivity index (χ4n) is 3.12. The van der Waals surface area contributed by atoms with Crippen molar-refractivity contribution in [2.24, 2.45) is 0 Å². The monoisotopic (exact) mass is 310 g/mol. The van der Waals surface area contributed by atoms with Crippen LogP contribution in [-0.2, 0) is 16.0 Å². The number of carbonyl (C=O) groups excluding carboxylic acids is 2. The summed E-state index contributed by atoms with van der Waals surface area (Å²) in [6, 6.07) is 14.1. The molecule has 2 aromatic carbocycles. The third-order valence-electron chi connectivity index (χ3n) is 4.35. The average Bonchev–Trinajstić information content (AvgIpc) is 3.10. The fourth-order valence-corrected chi connectivity index (χ4v) is 3.12. The minimum absolute atomic E-state index is 0.0319. The first kappa shape index (κ1) is 15.5. The van der Waals surface area contributed by atoms with Gasteiger partial charge in [-0.1, -0.05) is 42.5 Å². The lowest BCUT2D eigenvalue weighted by atomic mass is 10.0. The van der Waals surface area contributed by atoms with Gasteiger partial charge in [-0.25, -0.2) is 0 Å². The zero-order valence-corrected chi connectivity index (χ0v) is 13.3. The summed E-state index contributed by atoms with van der Waals surface area (Å²) in [5.41, 5.74) is 1.02. The number of rotatable bonds is 5. The maximum absolute atomic E-state index is 12.1. The van der Waals surface area contributed by atoms with Crippen LogP contribution in [0.3, 0.4) is 0 Å². The number of likely N-dealkylation sites (tertiary alicyclic amines) is 1. The van der Waals surface area contributed by atoms with Crippen molar-refractivity contribution in [2.75, 3.05) is 19.6 Å². The molecule has 2 amide bonds. The number of fused-ring (bicyclic) bond motifs is 1. The maximum Gasteiger partial charge on any atom is 0.224 e. The number of nitrogens with zero attached hydrogens (tertiary/aromatic N) is 1. The van der Waals surface area contributed by atoms with E-state index >= 15 is 0 Å². The summed E-state index contributed by atoms with van der Waals surface area (Å²) in [6.45, 7) is 2.14. The lowest BCUT2D eigenvalue weighted by Crippen LogP contribution is -2.33. The van der Waals surface area contributed by atoms with Gasteiger partial charge in [-0.2, -0.15) is 0 Å². The molecule has 1 N–H and O–H groups in total. The first-order valence-electron chi connectivity index (χ1n) is 8.25. The Morgan fingerprint density at radius 1 is 1.00 bits per heavy atom. The largest absolute Gasteiger partial charge is 0.355 e. The van der Waals surface area contributed by atoms with Crippen LogP contribution >= 0.6 is 0 Å². The summed E-state index contributed by atoms with van der Waals surface area (Å²) < 4.78 is 0. The molecule has 1 aliphatic heterocycles. The van der Waals surface area contributed by atoms with Gasteiger partial charge in [0.05, 0.1) is 6.42 Å². The van der Waals surface area contributed by atoms with Crippen molar-refractivity contribution >= 4 is 22.6 Å². The summed E-state index contributed by atoms with van der Waals surface area (Å²) in [5, 5.41) is 5.11. The molecule has 1 aliphatic rings. The molecule has 0 spiro atoms. The zero-order valence-electron chi connectivity index (χ0n) is 13.3. The van der Waals surface area contributed by atoms with Gasteiger partial charge in [-0.05, 0) is 29.2 Å². The van der Waals surface area contributed by atoms with Crippen molar-refractivity contribution < 1.29 is 9.59 Å². The Morgan fingerprint density at radius 2 is 1.74 bits per heavy atom. The van der Waals surface area contributed by atoms with Gasteiger partial charge >= 0.3 is 0 Å². The third kappa shape index (κ3) is 3.89. The van der Waals surface area contributed by atoms with Gasteiger partial charge in [0.2, 0.25) is 11.8 Å². The van der Waals surface area contributed by atoms with Crippen LogP contribution < -0.4 is 5.32 Å². The fraction of sp³-hybridized carbons (Fsp3) is 0.368. The summed E-state index contributed by atoms with van der Waals surface area (Å²) >= 11 is 0. The lowest BCUT2D eigenvalue weighted by molar-refractivity contribution is -0.130.